The zero-order chi connectivity index (χ0) is 19.1. The highest BCUT2D eigenvalue weighted by molar-refractivity contribution is 5.76. The highest BCUT2D eigenvalue weighted by Gasteiger charge is 2.24. The van der Waals surface area contributed by atoms with E-state index in [9.17, 15) is 9.59 Å². The first-order valence-electron chi connectivity index (χ1n) is 9.20. The summed E-state index contributed by atoms with van der Waals surface area (Å²) in [7, 11) is 0. The van der Waals surface area contributed by atoms with Crippen molar-refractivity contribution in [2.75, 3.05) is 26.3 Å². The van der Waals surface area contributed by atoms with Crippen LogP contribution in [0.4, 0.5) is 0 Å². The predicted octanol–water partition coefficient (Wildman–Crippen LogP) is 2.21. The highest BCUT2D eigenvalue weighted by Crippen LogP contribution is 2.19. The fourth-order valence-corrected chi connectivity index (χ4v) is 3.02. The molecule has 1 fully saturated rings. The monoisotopic (exact) mass is 362 g/mol. The molecule has 0 saturated carbocycles. The molecule has 1 saturated heterocycles. The smallest absolute Gasteiger partial charge is 0.308 e. The molecule has 6 nitrogen and oxygen atoms in total. The quantitative estimate of drug-likeness (QED) is 0.753. The zero-order valence-electron chi connectivity index (χ0n) is 16.2. The number of ether oxygens (including phenoxy) is 2. The van der Waals surface area contributed by atoms with Crippen molar-refractivity contribution in [2.45, 2.75) is 52.3 Å². The van der Waals surface area contributed by atoms with Crippen molar-refractivity contribution in [2.24, 2.45) is 0 Å². The van der Waals surface area contributed by atoms with Gasteiger partial charge in [-0.2, -0.15) is 0 Å². The van der Waals surface area contributed by atoms with E-state index in [0.717, 1.165) is 24.2 Å². The molecule has 6 heteroatoms. The fourth-order valence-electron chi connectivity index (χ4n) is 3.02. The van der Waals surface area contributed by atoms with Crippen molar-refractivity contribution >= 4 is 11.9 Å². The number of esters is 1. The Hall–Kier alpha value is -1.92. The minimum absolute atomic E-state index is 0.100. The second-order valence-electron chi connectivity index (χ2n) is 7.13. The SMILES string of the molecule is CC(=O)N[C@H](CC(=O)OC[C@H]1CN(C(C)C)CCO1)c1ccc(C)cc1. The summed E-state index contributed by atoms with van der Waals surface area (Å²) >= 11 is 0. The maximum atomic E-state index is 12.3. The largest absolute Gasteiger partial charge is 0.463 e. The lowest BCUT2D eigenvalue weighted by Crippen LogP contribution is -2.47. The molecule has 144 valence electrons. The average Bonchev–Trinajstić information content (AvgIpc) is 2.60. The summed E-state index contributed by atoms with van der Waals surface area (Å²) in [6.45, 7) is 10.3. The van der Waals surface area contributed by atoms with Crippen LogP contribution >= 0.6 is 0 Å². The van der Waals surface area contributed by atoms with Crippen molar-refractivity contribution < 1.29 is 19.1 Å². The summed E-state index contributed by atoms with van der Waals surface area (Å²) < 4.78 is 11.1. The van der Waals surface area contributed by atoms with E-state index < -0.39 is 0 Å². The van der Waals surface area contributed by atoms with Gasteiger partial charge in [0, 0.05) is 26.1 Å². The number of nitrogens with one attached hydrogen (secondary N) is 1. The summed E-state index contributed by atoms with van der Waals surface area (Å²) in [5, 5.41) is 2.83. The molecule has 1 aliphatic rings. The Morgan fingerprint density at radius 2 is 2.00 bits per heavy atom. The summed E-state index contributed by atoms with van der Waals surface area (Å²) in [5.74, 6) is -0.513. The summed E-state index contributed by atoms with van der Waals surface area (Å²) in [4.78, 5) is 26.1. The van der Waals surface area contributed by atoms with E-state index >= 15 is 0 Å². The van der Waals surface area contributed by atoms with Crippen LogP contribution in [0.1, 0.15) is 44.4 Å². The van der Waals surface area contributed by atoms with Crippen LogP contribution in [-0.4, -0.2) is 55.2 Å². The van der Waals surface area contributed by atoms with E-state index in [2.05, 4.69) is 24.1 Å². The Morgan fingerprint density at radius 3 is 2.62 bits per heavy atom. The number of morpholine rings is 1. The number of aryl methyl sites for hydroxylation is 1. The number of carbonyl (C=O) groups is 2. The Balaban J connectivity index is 1.88. The third-order valence-corrected chi connectivity index (χ3v) is 4.56. The van der Waals surface area contributed by atoms with Crippen LogP contribution < -0.4 is 5.32 Å². The van der Waals surface area contributed by atoms with E-state index in [1.54, 1.807) is 0 Å². The van der Waals surface area contributed by atoms with E-state index in [0.29, 0.717) is 12.6 Å². The van der Waals surface area contributed by atoms with E-state index in [1.807, 2.05) is 31.2 Å². The minimum Gasteiger partial charge on any atom is -0.463 e. The van der Waals surface area contributed by atoms with Crippen molar-refractivity contribution in [1.29, 1.82) is 0 Å². The van der Waals surface area contributed by atoms with E-state index in [-0.39, 0.29) is 37.0 Å². The van der Waals surface area contributed by atoms with Crippen molar-refractivity contribution in [1.82, 2.24) is 10.2 Å². The first kappa shape index (κ1) is 20.4. The van der Waals surface area contributed by atoms with Gasteiger partial charge in [0.05, 0.1) is 19.1 Å². The van der Waals surface area contributed by atoms with Crippen molar-refractivity contribution in [3.63, 3.8) is 0 Å². The number of rotatable bonds is 7. The Labute approximate surface area is 155 Å². The van der Waals surface area contributed by atoms with Gasteiger partial charge < -0.3 is 14.8 Å². The molecule has 1 N–H and O–H groups in total. The lowest BCUT2D eigenvalue weighted by molar-refractivity contribution is -0.151. The van der Waals surface area contributed by atoms with Crippen LogP contribution in [-0.2, 0) is 19.1 Å². The van der Waals surface area contributed by atoms with Crippen LogP contribution in [0, 0.1) is 6.92 Å². The van der Waals surface area contributed by atoms with Gasteiger partial charge in [0.2, 0.25) is 5.91 Å². The number of hydrogen-bond acceptors (Lipinski definition) is 5. The lowest BCUT2D eigenvalue weighted by atomic mass is 10.0. The predicted molar refractivity (Wildman–Crippen MR) is 99.8 cm³/mol. The average molecular weight is 362 g/mol. The van der Waals surface area contributed by atoms with Gasteiger partial charge in [-0.3, -0.25) is 14.5 Å². The first-order valence-corrected chi connectivity index (χ1v) is 9.20. The molecule has 1 aromatic rings. The van der Waals surface area contributed by atoms with Gasteiger partial charge in [0.1, 0.15) is 12.7 Å². The van der Waals surface area contributed by atoms with Gasteiger partial charge in [0.15, 0.2) is 0 Å². The van der Waals surface area contributed by atoms with Gasteiger partial charge in [-0.1, -0.05) is 29.8 Å². The molecule has 0 unspecified atom stereocenters. The standard InChI is InChI=1S/C20H30N2O4/c1-14(2)22-9-10-25-18(12-22)13-26-20(24)11-19(21-16(4)23)17-7-5-15(3)6-8-17/h5-8,14,18-19H,9-13H2,1-4H3,(H,21,23)/t18-,19-/m1/s1. The van der Waals surface area contributed by atoms with Crippen LogP contribution in [0.25, 0.3) is 0 Å². The third kappa shape index (κ3) is 6.42. The molecule has 0 spiro atoms. The minimum atomic E-state index is -0.389. The van der Waals surface area contributed by atoms with Gasteiger partial charge in [-0.05, 0) is 26.3 Å². The topological polar surface area (TPSA) is 67.9 Å². The van der Waals surface area contributed by atoms with E-state index in [1.165, 1.54) is 6.92 Å². The Kier molecular flexibility index (Phi) is 7.60. The van der Waals surface area contributed by atoms with Gasteiger partial charge in [0.25, 0.3) is 0 Å². The Morgan fingerprint density at radius 1 is 1.31 bits per heavy atom. The summed E-state index contributed by atoms with van der Waals surface area (Å²) in [5.41, 5.74) is 2.02. The molecule has 1 heterocycles. The maximum Gasteiger partial charge on any atom is 0.308 e. The summed E-state index contributed by atoms with van der Waals surface area (Å²) in [6, 6.07) is 7.84. The van der Waals surface area contributed by atoms with Crippen molar-refractivity contribution in [3.8, 4) is 0 Å². The van der Waals surface area contributed by atoms with Crippen LogP contribution in [0.2, 0.25) is 0 Å². The second kappa shape index (κ2) is 9.69. The first-order chi connectivity index (χ1) is 12.3. The molecule has 0 bridgehead atoms. The van der Waals surface area contributed by atoms with Crippen LogP contribution in [0.5, 0.6) is 0 Å². The fraction of sp³-hybridized carbons (Fsp3) is 0.600. The zero-order valence-corrected chi connectivity index (χ0v) is 16.2. The van der Waals surface area contributed by atoms with Crippen LogP contribution in [0.15, 0.2) is 24.3 Å². The molecular formula is C20H30N2O4. The lowest BCUT2D eigenvalue weighted by Gasteiger charge is -2.35. The molecule has 1 aromatic carbocycles. The van der Waals surface area contributed by atoms with Gasteiger partial charge in [-0.25, -0.2) is 0 Å². The Bertz CT molecular complexity index is 600. The number of hydrogen-bond donors (Lipinski definition) is 1. The van der Waals surface area contributed by atoms with Gasteiger partial charge in [-0.15, -0.1) is 0 Å². The molecule has 0 aromatic heterocycles. The molecule has 0 aliphatic carbocycles. The normalized spacial score (nSPS) is 19.2. The molecule has 1 amide bonds. The number of amides is 1. The molecule has 26 heavy (non-hydrogen) atoms. The number of nitrogens with zero attached hydrogens (tertiary/aromatic N) is 1. The molecule has 1 aliphatic heterocycles. The maximum absolute atomic E-state index is 12.3. The van der Waals surface area contributed by atoms with Crippen LogP contribution in [0.3, 0.4) is 0 Å². The number of benzene rings is 1. The van der Waals surface area contributed by atoms with Crippen molar-refractivity contribution in [3.05, 3.63) is 35.4 Å². The number of carbonyl (C=O) groups excluding carboxylic acids is 2. The summed E-state index contributed by atoms with van der Waals surface area (Å²) in [6.07, 6.45) is -0.00261. The molecule has 2 rings (SSSR count). The van der Waals surface area contributed by atoms with Gasteiger partial charge >= 0.3 is 5.97 Å². The molecular weight excluding hydrogens is 332 g/mol. The van der Waals surface area contributed by atoms with E-state index in [4.69, 9.17) is 9.47 Å². The third-order valence-electron chi connectivity index (χ3n) is 4.56. The molecule has 0 radical (unpaired) electrons. The second-order valence-corrected chi connectivity index (χ2v) is 7.13. The highest BCUT2D eigenvalue weighted by atomic mass is 16.6. The molecule has 2 atom stereocenters.